The molecule has 0 saturated heterocycles. The lowest BCUT2D eigenvalue weighted by Gasteiger charge is -2.04. The highest BCUT2D eigenvalue weighted by Gasteiger charge is 2.04. The second-order valence-corrected chi connectivity index (χ2v) is 5.30. The molecule has 0 unspecified atom stereocenters. The summed E-state index contributed by atoms with van der Waals surface area (Å²) in [7, 11) is 0. The maximum absolute atomic E-state index is 10.6. The van der Waals surface area contributed by atoms with E-state index in [1.165, 1.54) is 11.3 Å². The van der Waals surface area contributed by atoms with Crippen LogP contribution in [-0.2, 0) is 17.8 Å². The Hall–Kier alpha value is -1.59. The highest BCUT2D eigenvalue weighted by atomic mass is 35.5. The molecule has 0 aliphatic rings. The molecule has 0 aliphatic carbocycles. The number of thiophene rings is 1. The van der Waals surface area contributed by atoms with Gasteiger partial charge < -0.3 is 10.4 Å². The van der Waals surface area contributed by atoms with Gasteiger partial charge in [0.2, 0.25) is 0 Å². The first-order valence-corrected chi connectivity index (χ1v) is 6.48. The predicted molar refractivity (Wildman–Crippen MR) is 72.2 cm³/mol. The van der Waals surface area contributed by atoms with E-state index in [2.05, 4.69) is 10.3 Å². The Bertz CT molecular complexity index is 557. The Balaban J connectivity index is 1.94. The van der Waals surface area contributed by atoms with E-state index in [-0.39, 0.29) is 6.42 Å². The molecule has 2 aromatic heterocycles. The summed E-state index contributed by atoms with van der Waals surface area (Å²) in [6.45, 7) is 0.643. The third-order valence-electron chi connectivity index (χ3n) is 2.24. The van der Waals surface area contributed by atoms with Gasteiger partial charge in [-0.1, -0.05) is 11.6 Å². The summed E-state index contributed by atoms with van der Waals surface area (Å²) in [5.74, 6) is -0.808. The molecule has 94 valence electrons. The van der Waals surface area contributed by atoms with E-state index in [9.17, 15) is 4.79 Å². The van der Waals surface area contributed by atoms with Crippen molar-refractivity contribution in [2.75, 3.05) is 5.32 Å². The molecule has 0 radical (unpaired) electrons. The van der Waals surface area contributed by atoms with Gasteiger partial charge >= 0.3 is 5.97 Å². The number of pyridine rings is 1. The molecule has 2 heterocycles. The largest absolute Gasteiger partial charge is 0.481 e. The molecule has 0 spiro atoms. The van der Waals surface area contributed by atoms with Gasteiger partial charge in [-0.2, -0.15) is 0 Å². The van der Waals surface area contributed by atoms with Crippen molar-refractivity contribution in [3.63, 3.8) is 0 Å². The number of halogens is 1. The molecule has 4 nitrogen and oxygen atoms in total. The molecular weight excluding hydrogens is 272 g/mol. The lowest BCUT2D eigenvalue weighted by Crippen LogP contribution is -1.98. The summed E-state index contributed by atoms with van der Waals surface area (Å²) >= 11 is 7.27. The van der Waals surface area contributed by atoms with Crippen molar-refractivity contribution < 1.29 is 9.90 Å². The number of hydrogen-bond acceptors (Lipinski definition) is 4. The normalized spacial score (nSPS) is 10.3. The van der Waals surface area contributed by atoms with Crippen LogP contribution >= 0.6 is 22.9 Å². The van der Waals surface area contributed by atoms with Gasteiger partial charge in [0.25, 0.3) is 0 Å². The third-order valence-corrected chi connectivity index (χ3v) is 3.53. The molecule has 0 atom stereocenters. The van der Waals surface area contributed by atoms with Crippen LogP contribution in [0, 0.1) is 0 Å². The Morgan fingerprint density at radius 3 is 2.89 bits per heavy atom. The Kier molecular flexibility index (Phi) is 4.17. The molecule has 0 aromatic carbocycles. The van der Waals surface area contributed by atoms with E-state index in [1.54, 1.807) is 12.3 Å². The van der Waals surface area contributed by atoms with Crippen LogP contribution in [-0.4, -0.2) is 16.1 Å². The van der Waals surface area contributed by atoms with Gasteiger partial charge in [0.15, 0.2) is 0 Å². The molecular formula is C12H11ClN2O2S. The smallest absolute Gasteiger partial charge is 0.308 e. The van der Waals surface area contributed by atoms with Crippen LogP contribution in [0.4, 0.5) is 5.69 Å². The third kappa shape index (κ3) is 3.72. The quantitative estimate of drug-likeness (QED) is 0.828. The van der Waals surface area contributed by atoms with Gasteiger partial charge in [0.05, 0.1) is 6.42 Å². The van der Waals surface area contributed by atoms with Crippen molar-refractivity contribution in [2.24, 2.45) is 0 Å². The minimum atomic E-state index is -0.808. The number of anilines is 1. The number of nitrogens with zero attached hydrogens (tertiary/aromatic N) is 1. The molecule has 2 aromatic rings. The molecule has 0 fully saturated rings. The molecule has 2 rings (SSSR count). The molecule has 0 aliphatic heterocycles. The molecule has 6 heteroatoms. The van der Waals surface area contributed by atoms with Gasteiger partial charge in [-0.05, 0) is 24.3 Å². The zero-order chi connectivity index (χ0) is 13.0. The number of rotatable bonds is 5. The molecule has 18 heavy (non-hydrogen) atoms. The number of hydrogen-bond donors (Lipinski definition) is 2. The van der Waals surface area contributed by atoms with Gasteiger partial charge in [-0.25, -0.2) is 4.98 Å². The van der Waals surface area contributed by atoms with E-state index < -0.39 is 5.97 Å². The lowest BCUT2D eigenvalue weighted by atomic mass is 10.3. The standard InChI is InChI=1S/C12H11ClN2O2S/c13-11-5-8(3-4-14-11)15-7-10-2-1-9(18-10)6-12(16)17/h1-5H,6-7H2,(H,14,15)(H,16,17). The first kappa shape index (κ1) is 12.9. The van der Waals surface area contributed by atoms with Crippen molar-refractivity contribution >= 4 is 34.6 Å². The number of aliphatic carboxylic acids is 1. The summed E-state index contributed by atoms with van der Waals surface area (Å²) in [5.41, 5.74) is 0.892. The van der Waals surface area contributed by atoms with Crippen LogP contribution in [0.1, 0.15) is 9.75 Å². The number of carboxylic acids is 1. The van der Waals surface area contributed by atoms with E-state index in [4.69, 9.17) is 16.7 Å². The van der Waals surface area contributed by atoms with Crippen LogP contribution in [0.25, 0.3) is 0 Å². The SMILES string of the molecule is O=C(O)Cc1ccc(CNc2ccnc(Cl)c2)s1. The van der Waals surface area contributed by atoms with Crippen LogP contribution in [0.3, 0.4) is 0 Å². The first-order chi connectivity index (χ1) is 8.63. The van der Waals surface area contributed by atoms with Crippen LogP contribution in [0.15, 0.2) is 30.5 Å². The van der Waals surface area contributed by atoms with E-state index in [0.717, 1.165) is 15.4 Å². The minimum Gasteiger partial charge on any atom is -0.481 e. The van der Waals surface area contributed by atoms with E-state index in [0.29, 0.717) is 11.7 Å². The fourth-order valence-corrected chi connectivity index (χ4v) is 2.59. The van der Waals surface area contributed by atoms with E-state index >= 15 is 0 Å². The number of carboxylic acid groups (broad SMARTS) is 1. The van der Waals surface area contributed by atoms with Gasteiger partial charge in [0.1, 0.15) is 5.15 Å². The minimum absolute atomic E-state index is 0.0752. The Morgan fingerprint density at radius 2 is 2.17 bits per heavy atom. The lowest BCUT2D eigenvalue weighted by molar-refractivity contribution is -0.136. The first-order valence-electron chi connectivity index (χ1n) is 5.28. The molecule has 0 bridgehead atoms. The summed E-state index contributed by atoms with van der Waals surface area (Å²) in [6.07, 6.45) is 1.71. The Labute approximate surface area is 113 Å². The number of carbonyl (C=O) groups is 1. The van der Waals surface area contributed by atoms with Gasteiger partial charge in [-0.3, -0.25) is 4.79 Å². The number of nitrogens with one attached hydrogen (secondary N) is 1. The molecule has 2 N–H and O–H groups in total. The second-order valence-electron chi connectivity index (χ2n) is 3.66. The average molecular weight is 283 g/mol. The zero-order valence-corrected chi connectivity index (χ0v) is 11.0. The second kappa shape index (κ2) is 5.84. The van der Waals surface area contributed by atoms with Crippen molar-refractivity contribution in [3.8, 4) is 0 Å². The fraction of sp³-hybridized carbons (Fsp3) is 0.167. The van der Waals surface area contributed by atoms with Crippen LogP contribution in [0.5, 0.6) is 0 Å². The maximum atomic E-state index is 10.6. The van der Waals surface area contributed by atoms with Crippen LogP contribution in [0.2, 0.25) is 5.15 Å². The summed E-state index contributed by atoms with van der Waals surface area (Å²) < 4.78 is 0. The summed E-state index contributed by atoms with van der Waals surface area (Å²) in [5, 5.41) is 12.3. The highest BCUT2D eigenvalue weighted by molar-refractivity contribution is 7.12. The topological polar surface area (TPSA) is 62.2 Å². The predicted octanol–water partition coefficient (Wildman–Crippen LogP) is 3.04. The average Bonchev–Trinajstić information content (AvgIpc) is 2.73. The van der Waals surface area contributed by atoms with Crippen molar-refractivity contribution in [1.29, 1.82) is 0 Å². The van der Waals surface area contributed by atoms with Gasteiger partial charge in [0, 0.05) is 28.2 Å². The van der Waals surface area contributed by atoms with Crippen molar-refractivity contribution in [1.82, 2.24) is 4.98 Å². The zero-order valence-electron chi connectivity index (χ0n) is 9.39. The highest BCUT2D eigenvalue weighted by Crippen LogP contribution is 2.19. The molecule has 0 saturated carbocycles. The van der Waals surface area contributed by atoms with E-state index in [1.807, 2.05) is 18.2 Å². The summed E-state index contributed by atoms with van der Waals surface area (Å²) in [4.78, 5) is 16.4. The van der Waals surface area contributed by atoms with Crippen LogP contribution < -0.4 is 5.32 Å². The monoisotopic (exact) mass is 282 g/mol. The van der Waals surface area contributed by atoms with Crippen molar-refractivity contribution in [2.45, 2.75) is 13.0 Å². The fourth-order valence-electron chi connectivity index (χ4n) is 1.46. The number of aromatic nitrogens is 1. The maximum Gasteiger partial charge on any atom is 0.308 e. The van der Waals surface area contributed by atoms with Gasteiger partial charge in [-0.15, -0.1) is 11.3 Å². The van der Waals surface area contributed by atoms with Crippen molar-refractivity contribution in [3.05, 3.63) is 45.4 Å². The Morgan fingerprint density at radius 1 is 1.39 bits per heavy atom. The molecule has 0 amide bonds. The summed E-state index contributed by atoms with van der Waals surface area (Å²) in [6, 6.07) is 7.35.